The first-order valence-electron chi connectivity index (χ1n) is 5.42. The van der Waals surface area contributed by atoms with Gasteiger partial charge < -0.3 is 4.74 Å². The summed E-state index contributed by atoms with van der Waals surface area (Å²) in [6.45, 7) is 1.98. The van der Waals surface area contributed by atoms with Crippen molar-refractivity contribution in [2.75, 3.05) is 0 Å². The molecular weight excluding hydrogens is 492 g/mol. The summed E-state index contributed by atoms with van der Waals surface area (Å²) < 4.78 is 8.10. The maximum atomic E-state index is 10.9. The van der Waals surface area contributed by atoms with Crippen LogP contribution in [-0.4, -0.2) is 20.6 Å². The Hall–Kier alpha value is -0.230. The fourth-order valence-electron chi connectivity index (χ4n) is 1.36. The lowest BCUT2D eigenvalue weighted by atomic mass is 10.3. The van der Waals surface area contributed by atoms with E-state index in [2.05, 4.69) is 60.4 Å². The van der Waals surface area contributed by atoms with Crippen molar-refractivity contribution in [3.63, 3.8) is 0 Å². The zero-order valence-corrected chi connectivity index (χ0v) is 15.1. The summed E-state index contributed by atoms with van der Waals surface area (Å²) in [6, 6.07) is 6.03. The fourth-order valence-corrected chi connectivity index (χ4v) is 3.83. The van der Waals surface area contributed by atoms with Crippen LogP contribution in [0, 0.1) is 7.14 Å². The van der Waals surface area contributed by atoms with Gasteiger partial charge in [-0.1, -0.05) is 6.07 Å². The van der Waals surface area contributed by atoms with E-state index in [1.165, 1.54) is 0 Å². The van der Waals surface area contributed by atoms with Crippen LogP contribution >= 0.6 is 56.9 Å². The summed E-state index contributed by atoms with van der Waals surface area (Å²) in [6.07, 6.45) is 0. The van der Waals surface area contributed by atoms with Gasteiger partial charge in [0.05, 0.1) is 12.9 Å². The lowest BCUT2D eigenvalue weighted by molar-refractivity contribution is 0.303. The molecule has 1 heterocycles. The summed E-state index contributed by atoms with van der Waals surface area (Å²) in [7, 11) is 0. The van der Waals surface area contributed by atoms with Gasteiger partial charge in [-0.05, 0) is 64.2 Å². The molecule has 0 amide bonds. The first kappa shape index (κ1) is 15.2. The standard InChI is InChI=1S/C11H11I2N3O2S/c1-6(19-5-9-14-11(17)16-15-9)18-10-7(12)3-2-4-8(10)13/h2-4,6H,5H2,1H3,(H2,14,15,16,17). The van der Waals surface area contributed by atoms with E-state index in [9.17, 15) is 4.79 Å². The molecule has 2 rings (SSSR count). The van der Waals surface area contributed by atoms with Crippen LogP contribution in [0.1, 0.15) is 12.7 Å². The van der Waals surface area contributed by atoms with E-state index in [0.717, 1.165) is 12.9 Å². The minimum atomic E-state index is -0.281. The van der Waals surface area contributed by atoms with Gasteiger partial charge in [-0.25, -0.2) is 9.89 Å². The van der Waals surface area contributed by atoms with E-state index in [0.29, 0.717) is 11.6 Å². The SMILES string of the molecule is CC(Oc1c(I)cccc1I)SCc1n[nH]c(=O)[nH]1. The van der Waals surface area contributed by atoms with Crippen molar-refractivity contribution in [2.45, 2.75) is 18.1 Å². The van der Waals surface area contributed by atoms with Gasteiger partial charge in [0.25, 0.3) is 0 Å². The van der Waals surface area contributed by atoms with Crippen LogP contribution in [0.3, 0.4) is 0 Å². The Morgan fingerprint density at radius 1 is 1.42 bits per heavy atom. The molecule has 1 aromatic carbocycles. The summed E-state index contributed by atoms with van der Waals surface area (Å²) >= 11 is 6.09. The molecule has 0 fully saturated rings. The van der Waals surface area contributed by atoms with E-state index >= 15 is 0 Å². The zero-order chi connectivity index (χ0) is 13.8. The number of para-hydroxylation sites is 1. The molecule has 0 aliphatic rings. The maximum Gasteiger partial charge on any atom is 0.340 e. The second-order valence-electron chi connectivity index (χ2n) is 3.67. The fraction of sp³-hybridized carbons (Fsp3) is 0.273. The van der Waals surface area contributed by atoms with Gasteiger partial charge in [0.15, 0.2) is 0 Å². The number of rotatable bonds is 5. The molecule has 19 heavy (non-hydrogen) atoms. The first-order valence-corrected chi connectivity index (χ1v) is 8.62. The highest BCUT2D eigenvalue weighted by Gasteiger charge is 2.11. The third-order valence-corrected chi connectivity index (χ3v) is 4.91. The van der Waals surface area contributed by atoms with Crippen molar-refractivity contribution < 1.29 is 4.74 Å². The molecular formula is C11H11I2N3O2S. The van der Waals surface area contributed by atoms with Gasteiger partial charge in [-0.15, -0.1) is 11.8 Å². The Bertz CT molecular complexity index is 594. The Labute approximate surface area is 141 Å². The van der Waals surface area contributed by atoms with Gasteiger partial charge >= 0.3 is 5.69 Å². The number of nitrogens with one attached hydrogen (secondary N) is 2. The largest absolute Gasteiger partial charge is 0.478 e. The van der Waals surface area contributed by atoms with Crippen LogP contribution in [0.4, 0.5) is 0 Å². The highest BCUT2D eigenvalue weighted by molar-refractivity contribution is 14.1. The van der Waals surface area contributed by atoms with Crippen LogP contribution < -0.4 is 10.4 Å². The molecule has 0 aliphatic heterocycles. The zero-order valence-electron chi connectivity index (χ0n) is 9.94. The third kappa shape index (κ3) is 4.38. The number of benzene rings is 1. The van der Waals surface area contributed by atoms with Crippen molar-refractivity contribution in [1.82, 2.24) is 15.2 Å². The lowest BCUT2D eigenvalue weighted by Crippen LogP contribution is -2.10. The van der Waals surface area contributed by atoms with Gasteiger partial charge in [0.1, 0.15) is 17.0 Å². The highest BCUT2D eigenvalue weighted by atomic mass is 127. The molecule has 0 saturated heterocycles. The molecule has 5 nitrogen and oxygen atoms in total. The Kier molecular flexibility index (Phi) is 5.57. The average molecular weight is 503 g/mol. The molecule has 102 valence electrons. The van der Waals surface area contributed by atoms with Crippen LogP contribution in [0.15, 0.2) is 23.0 Å². The predicted molar refractivity (Wildman–Crippen MR) is 92.5 cm³/mol. The minimum absolute atomic E-state index is 0.0235. The molecule has 8 heteroatoms. The molecule has 1 atom stereocenters. The van der Waals surface area contributed by atoms with E-state index < -0.39 is 0 Å². The maximum absolute atomic E-state index is 10.9. The molecule has 0 radical (unpaired) electrons. The Morgan fingerprint density at radius 2 is 2.11 bits per heavy atom. The molecule has 0 bridgehead atoms. The average Bonchev–Trinajstić information content (AvgIpc) is 2.77. The van der Waals surface area contributed by atoms with E-state index in [1.807, 2.05) is 25.1 Å². The van der Waals surface area contributed by atoms with Gasteiger partial charge in [-0.2, -0.15) is 5.10 Å². The normalized spacial score (nSPS) is 12.4. The van der Waals surface area contributed by atoms with E-state index in [4.69, 9.17) is 4.74 Å². The Balaban J connectivity index is 1.94. The quantitative estimate of drug-likeness (QED) is 0.487. The van der Waals surface area contributed by atoms with E-state index in [-0.39, 0.29) is 11.1 Å². The summed E-state index contributed by atoms with van der Waals surface area (Å²) in [5.74, 6) is 2.13. The Morgan fingerprint density at radius 3 is 2.68 bits per heavy atom. The van der Waals surface area contributed by atoms with Crippen LogP contribution in [0.2, 0.25) is 0 Å². The number of hydrogen-bond donors (Lipinski definition) is 2. The second-order valence-corrected chi connectivity index (χ2v) is 7.28. The van der Waals surface area contributed by atoms with Crippen molar-refractivity contribution in [1.29, 1.82) is 0 Å². The molecule has 0 spiro atoms. The summed E-state index contributed by atoms with van der Waals surface area (Å²) in [5.41, 5.74) is -0.305. The number of nitrogens with zero attached hydrogens (tertiary/aromatic N) is 1. The van der Waals surface area contributed by atoms with Crippen LogP contribution in [-0.2, 0) is 5.75 Å². The highest BCUT2D eigenvalue weighted by Crippen LogP contribution is 2.30. The van der Waals surface area contributed by atoms with Crippen molar-refractivity contribution in [3.05, 3.63) is 41.6 Å². The monoisotopic (exact) mass is 503 g/mol. The lowest BCUT2D eigenvalue weighted by Gasteiger charge is -2.16. The summed E-state index contributed by atoms with van der Waals surface area (Å²) in [4.78, 5) is 13.5. The molecule has 0 saturated carbocycles. The second kappa shape index (κ2) is 6.97. The van der Waals surface area contributed by atoms with Crippen molar-refractivity contribution in [3.8, 4) is 5.75 Å². The predicted octanol–water partition coefficient (Wildman–Crippen LogP) is 2.97. The third-order valence-electron chi connectivity index (χ3n) is 2.21. The topological polar surface area (TPSA) is 70.8 Å². The molecule has 2 N–H and O–H groups in total. The van der Waals surface area contributed by atoms with E-state index in [1.54, 1.807) is 11.8 Å². The van der Waals surface area contributed by atoms with Gasteiger partial charge in [0, 0.05) is 0 Å². The number of aromatic amines is 2. The minimum Gasteiger partial charge on any atom is -0.478 e. The number of aromatic nitrogens is 3. The van der Waals surface area contributed by atoms with Gasteiger partial charge in [-0.3, -0.25) is 4.98 Å². The first-order chi connectivity index (χ1) is 9.06. The van der Waals surface area contributed by atoms with Crippen LogP contribution in [0.5, 0.6) is 5.75 Å². The van der Waals surface area contributed by atoms with Crippen molar-refractivity contribution >= 4 is 56.9 Å². The number of hydrogen-bond acceptors (Lipinski definition) is 4. The van der Waals surface area contributed by atoms with Crippen molar-refractivity contribution in [2.24, 2.45) is 0 Å². The molecule has 1 unspecified atom stereocenters. The number of halogens is 2. The smallest absolute Gasteiger partial charge is 0.340 e. The summed E-state index contributed by atoms with van der Waals surface area (Å²) in [5, 5.41) is 6.20. The number of thioether (sulfide) groups is 1. The number of ether oxygens (including phenoxy) is 1. The van der Waals surface area contributed by atoms with Crippen LogP contribution in [0.25, 0.3) is 0 Å². The number of H-pyrrole nitrogens is 2. The molecule has 0 aliphatic carbocycles. The van der Waals surface area contributed by atoms with Gasteiger partial charge in [0.2, 0.25) is 0 Å². The molecule has 1 aromatic heterocycles. The molecule has 2 aromatic rings.